The monoisotopic (exact) mass is 250 g/mol. The summed E-state index contributed by atoms with van der Waals surface area (Å²) in [5.41, 5.74) is 0.561. The molecule has 5 nitrogen and oxygen atoms in total. The van der Waals surface area contributed by atoms with Gasteiger partial charge in [0.1, 0.15) is 5.92 Å². The van der Waals surface area contributed by atoms with Gasteiger partial charge in [-0.1, -0.05) is 6.07 Å². The number of hydrogen-bond acceptors (Lipinski definition) is 4. The highest BCUT2D eigenvalue weighted by molar-refractivity contribution is 5.77. The van der Waals surface area contributed by atoms with Crippen molar-refractivity contribution in [2.24, 2.45) is 5.92 Å². The molecule has 0 saturated heterocycles. The third kappa shape index (κ3) is 1.90. The van der Waals surface area contributed by atoms with Crippen molar-refractivity contribution >= 4 is 5.97 Å². The van der Waals surface area contributed by atoms with Gasteiger partial charge in [0.05, 0.1) is 6.10 Å². The van der Waals surface area contributed by atoms with Crippen molar-refractivity contribution in [2.75, 3.05) is 6.79 Å². The predicted octanol–water partition coefficient (Wildman–Crippen LogP) is 1.35. The van der Waals surface area contributed by atoms with E-state index in [0.29, 0.717) is 17.1 Å². The van der Waals surface area contributed by atoms with Gasteiger partial charge in [-0.2, -0.15) is 0 Å². The minimum atomic E-state index is -1.01. The number of fused-ring (bicyclic) bond motifs is 1. The largest absolute Gasteiger partial charge is 0.481 e. The summed E-state index contributed by atoms with van der Waals surface area (Å²) >= 11 is 0. The van der Waals surface area contributed by atoms with Gasteiger partial charge in [-0.25, -0.2) is 0 Å². The number of ether oxygens (including phenoxy) is 2. The zero-order valence-electron chi connectivity index (χ0n) is 9.70. The van der Waals surface area contributed by atoms with Crippen molar-refractivity contribution in [1.29, 1.82) is 0 Å². The molecule has 2 N–H and O–H groups in total. The van der Waals surface area contributed by atoms with Crippen molar-refractivity contribution in [3.8, 4) is 11.5 Å². The summed E-state index contributed by atoms with van der Waals surface area (Å²) in [5, 5.41) is 19.4. The number of aliphatic hydroxyl groups is 1. The molecule has 2 unspecified atom stereocenters. The second-order valence-electron chi connectivity index (χ2n) is 4.76. The maximum atomic E-state index is 11.3. The van der Waals surface area contributed by atoms with E-state index in [0.717, 1.165) is 12.8 Å². The lowest BCUT2D eigenvalue weighted by atomic mass is 9.90. The average Bonchev–Trinajstić information content (AvgIpc) is 3.08. The Morgan fingerprint density at radius 1 is 1.28 bits per heavy atom. The van der Waals surface area contributed by atoms with E-state index in [1.807, 2.05) is 0 Å². The van der Waals surface area contributed by atoms with Crippen molar-refractivity contribution in [1.82, 2.24) is 0 Å². The standard InChI is InChI=1S/C13H14O5/c14-12(7-1-2-7)11(13(15)16)8-3-4-9-10(5-8)18-6-17-9/h3-5,7,11-12,14H,1-2,6H2,(H,15,16). The molecule has 1 fully saturated rings. The zero-order chi connectivity index (χ0) is 12.7. The number of aliphatic carboxylic acids is 1. The van der Waals surface area contributed by atoms with Crippen LogP contribution in [0.3, 0.4) is 0 Å². The lowest BCUT2D eigenvalue weighted by molar-refractivity contribution is -0.142. The van der Waals surface area contributed by atoms with E-state index in [4.69, 9.17) is 9.47 Å². The Hall–Kier alpha value is -1.75. The first-order valence-electron chi connectivity index (χ1n) is 5.97. The van der Waals surface area contributed by atoms with E-state index in [1.54, 1.807) is 18.2 Å². The van der Waals surface area contributed by atoms with Crippen LogP contribution in [-0.4, -0.2) is 29.1 Å². The summed E-state index contributed by atoms with van der Waals surface area (Å²) in [6, 6.07) is 5.01. The first-order valence-corrected chi connectivity index (χ1v) is 5.97. The number of aliphatic hydroxyl groups excluding tert-OH is 1. The Labute approximate surface area is 104 Å². The van der Waals surface area contributed by atoms with Crippen molar-refractivity contribution in [3.63, 3.8) is 0 Å². The lowest BCUT2D eigenvalue weighted by Crippen LogP contribution is -2.27. The van der Waals surface area contributed by atoms with Crippen LogP contribution < -0.4 is 9.47 Å². The Kier molecular flexibility index (Phi) is 2.63. The van der Waals surface area contributed by atoms with Crippen molar-refractivity contribution in [2.45, 2.75) is 24.9 Å². The Balaban J connectivity index is 1.92. The molecule has 0 radical (unpaired) electrons. The molecule has 1 aromatic carbocycles. The third-order valence-corrected chi connectivity index (χ3v) is 3.47. The maximum absolute atomic E-state index is 11.3. The molecule has 18 heavy (non-hydrogen) atoms. The molecular formula is C13H14O5. The SMILES string of the molecule is O=C(O)C(c1ccc2c(c1)OCO2)C(O)C1CC1. The normalized spacial score (nSPS) is 20.5. The number of rotatable bonds is 4. The Morgan fingerprint density at radius 3 is 2.67 bits per heavy atom. The maximum Gasteiger partial charge on any atom is 0.313 e. The highest BCUT2D eigenvalue weighted by atomic mass is 16.7. The number of carbonyl (C=O) groups is 1. The molecule has 0 aromatic heterocycles. The fraction of sp³-hybridized carbons (Fsp3) is 0.462. The van der Waals surface area contributed by atoms with E-state index >= 15 is 0 Å². The van der Waals surface area contributed by atoms with Crippen LogP contribution in [0.15, 0.2) is 18.2 Å². The number of benzene rings is 1. The average molecular weight is 250 g/mol. The van der Waals surface area contributed by atoms with Gasteiger partial charge in [0.15, 0.2) is 11.5 Å². The van der Waals surface area contributed by atoms with Crippen LogP contribution in [0.25, 0.3) is 0 Å². The fourth-order valence-corrected chi connectivity index (χ4v) is 2.30. The van der Waals surface area contributed by atoms with E-state index in [-0.39, 0.29) is 12.7 Å². The second-order valence-corrected chi connectivity index (χ2v) is 4.76. The molecule has 3 rings (SSSR count). The first kappa shape index (κ1) is 11.3. The molecule has 0 bridgehead atoms. The fourth-order valence-electron chi connectivity index (χ4n) is 2.30. The molecule has 1 aliphatic heterocycles. The zero-order valence-corrected chi connectivity index (χ0v) is 9.70. The van der Waals surface area contributed by atoms with Crippen LogP contribution in [0.5, 0.6) is 11.5 Å². The van der Waals surface area contributed by atoms with Crippen LogP contribution in [0.1, 0.15) is 24.3 Å². The second kappa shape index (κ2) is 4.17. The molecule has 1 aromatic rings. The van der Waals surface area contributed by atoms with Crippen molar-refractivity contribution in [3.05, 3.63) is 23.8 Å². The van der Waals surface area contributed by atoms with E-state index in [9.17, 15) is 15.0 Å². The summed E-state index contributed by atoms with van der Waals surface area (Å²) in [7, 11) is 0. The first-order chi connectivity index (χ1) is 8.66. The van der Waals surface area contributed by atoms with Gasteiger partial charge in [-0.15, -0.1) is 0 Å². The van der Waals surface area contributed by atoms with Crippen LogP contribution in [0, 0.1) is 5.92 Å². The van der Waals surface area contributed by atoms with Gasteiger partial charge in [0, 0.05) is 0 Å². The molecule has 2 aliphatic rings. The Bertz CT molecular complexity index is 480. The third-order valence-electron chi connectivity index (χ3n) is 3.47. The quantitative estimate of drug-likeness (QED) is 0.843. The van der Waals surface area contributed by atoms with Gasteiger partial charge in [0.2, 0.25) is 6.79 Å². The molecule has 2 atom stereocenters. The summed E-state index contributed by atoms with van der Waals surface area (Å²) in [6.45, 7) is 0.154. The van der Waals surface area contributed by atoms with E-state index in [1.165, 1.54) is 0 Å². The van der Waals surface area contributed by atoms with Crippen LogP contribution in [0.4, 0.5) is 0 Å². The van der Waals surface area contributed by atoms with Crippen LogP contribution >= 0.6 is 0 Å². The summed E-state index contributed by atoms with van der Waals surface area (Å²) in [6.07, 6.45) is 0.966. The molecule has 96 valence electrons. The van der Waals surface area contributed by atoms with Gasteiger partial charge < -0.3 is 19.7 Å². The van der Waals surface area contributed by atoms with Gasteiger partial charge in [-0.05, 0) is 36.5 Å². The van der Waals surface area contributed by atoms with E-state index < -0.39 is 18.0 Å². The highest BCUT2D eigenvalue weighted by Gasteiger charge is 2.40. The molecule has 0 amide bonds. The molecule has 1 saturated carbocycles. The summed E-state index contributed by atoms with van der Waals surface area (Å²) in [4.78, 5) is 11.3. The molecule has 1 heterocycles. The van der Waals surface area contributed by atoms with Crippen LogP contribution in [-0.2, 0) is 4.79 Å². The van der Waals surface area contributed by atoms with Crippen LogP contribution in [0.2, 0.25) is 0 Å². The molecule has 5 heteroatoms. The molecule has 0 spiro atoms. The molecular weight excluding hydrogens is 236 g/mol. The van der Waals surface area contributed by atoms with Crippen molar-refractivity contribution < 1.29 is 24.5 Å². The lowest BCUT2D eigenvalue weighted by Gasteiger charge is -2.19. The van der Waals surface area contributed by atoms with E-state index in [2.05, 4.69) is 0 Å². The minimum absolute atomic E-state index is 0.108. The predicted molar refractivity (Wildman–Crippen MR) is 61.7 cm³/mol. The topological polar surface area (TPSA) is 76.0 Å². The summed E-state index contributed by atoms with van der Waals surface area (Å²) in [5.74, 6) is -0.637. The Morgan fingerprint density at radius 2 is 2.00 bits per heavy atom. The number of carboxylic acid groups (broad SMARTS) is 1. The molecule has 1 aliphatic carbocycles. The van der Waals surface area contributed by atoms with Gasteiger partial charge in [0.25, 0.3) is 0 Å². The van der Waals surface area contributed by atoms with Gasteiger partial charge >= 0.3 is 5.97 Å². The smallest absolute Gasteiger partial charge is 0.313 e. The number of carboxylic acids is 1. The number of hydrogen-bond donors (Lipinski definition) is 2. The minimum Gasteiger partial charge on any atom is -0.481 e. The summed E-state index contributed by atoms with van der Waals surface area (Å²) < 4.78 is 10.4. The highest BCUT2D eigenvalue weighted by Crippen LogP contribution is 2.41. The van der Waals surface area contributed by atoms with Gasteiger partial charge in [-0.3, -0.25) is 4.79 Å².